The Morgan fingerprint density at radius 2 is 1.70 bits per heavy atom. The van der Waals surface area contributed by atoms with Crippen LogP contribution >= 0.6 is 0 Å². The van der Waals surface area contributed by atoms with Gasteiger partial charge < -0.3 is 18.9 Å². The molecule has 33 heavy (non-hydrogen) atoms. The van der Waals surface area contributed by atoms with Crippen LogP contribution in [0.15, 0.2) is 42.5 Å². The van der Waals surface area contributed by atoms with Gasteiger partial charge in [-0.05, 0) is 68.1 Å². The smallest absolute Gasteiger partial charge is 0.411 e. The van der Waals surface area contributed by atoms with Crippen molar-refractivity contribution >= 4 is 18.0 Å². The molecule has 1 amide bonds. The molecule has 0 saturated carbocycles. The van der Waals surface area contributed by atoms with E-state index in [0.717, 1.165) is 11.1 Å². The number of methoxy groups -OCH3 is 1. The van der Waals surface area contributed by atoms with E-state index in [2.05, 4.69) is 0 Å². The summed E-state index contributed by atoms with van der Waals surface area (Å²) in [5.74, 6) is 0.225. The van der Waals surface area contributed by atoms with Crippen molar-refractivity contribution in [3.05, 3.63) is 59.2 Å². The molecule has 0 bridgehead atoms. The number of nitrogens with zero attached hydrogens (tertiary/aromatic N) is 1. The maximum absolute atomic E-state index is 12.7. The molecule has 0 radical (unpaired) electrons. The lowest BCUT2D eigenvalue weighted by atomic mass is 9.92. The van der Waals surface area contributed by atoms with E-state index in [4.69, 9.17) is 18.9 Å². The van der Waals surface area contributed by atoms with Gasteiger partial charge in [-0.25, -0.2) is 9.59 Å². The number of rotatable bonds is 5. The number of hydrogen-bond acceptors (Lipinski definition) is 7. The average molecular weight is 456 g/mol. The molecule has 3 rings (SSSR count). The van der Waals surface area contributed by atoms with E-state index in [1.165, 1.54) is 18.9 Å². The molecule has 1 aliphatic rings. The summed E-state index contributed by atoms with van der Waals surface area (Å²) >= 11 is 0. The maximum Gasteiger partial charge on any atom is 0.411 e. The number of hydrogen-bond donors (Lipinski definition) is 0. The third-order valence-corrected chi connectivity index (χ3v) is 4.99. The van der Waals surface area contributed by atoms with Crippen molar-refractivity contribution in [3.8, 4) is 11.5 Å². The second-order valence-electron chi connectivity index (χ2n) is 8.74. The van der Waals surface area contributed by atoms with Crippen LogP contribution in [0.25, 0.3) is 0 Å². The SMILES string of the molecule is COC(=O)[C@@H]1c2ccc(OCc3ccc(OC(C)=O)cc3)cc2CCN1C(=O)OC(C)(C)C. The molecule has 176 valence electrons. The first kappa shape index (κ1) is 24.1. The van der Waals surface area contributed by atoms with Crippen molar-refractivity contribution < 1.29 is 33.3 Å². The summed E-state index contributed by atoms with van der Waals surface area (Å²) in [5, 5.41) is 0. The number of carbonyl (C=O) groups excluding carboxylic acids is 3. The second kappa shape index (κ2) is 9.94. The van der Waals surface area contributed by atoms with E-state index in [-0.39, 0.29) is 5.97 Å². The first-order valence-electron chi connectivity index (χ1n) is 10.7. The van der Waals surface area contributed by atoms with Gasteiger partial charge in [0, 0.05) is 13.5 Å². The van der Waals surface area contributed by atoms with Crippen LogP contribution in [0.2, 0.25) is 0 Å². The monoisotopic (exact) mass is 455 g/mol. The molecule has 2 aromatic rings. The Hall–Kier alpha value is -3.55. The molecule has 8 nitrogen and oxygen atoms in total. The highest BCUT2D eigenvalue weighted by Crippen LogP contribution is 2.34. The molecule has 0 saturated heterocycles. The highest BCUT2D eigenvalue weighted by molar-refractivity contribution is 5.84. The second-order valence-corrected chi connectivity index (χ2v) is 8.74. The highest BCUT2D eigenvalue weighted by Gasteiger charge is 2.39. The van der Waals surface area contributed by atoms with Crippen molar-refractivity contribution in [2.45, 2.75) is 52.4 Å². The van der Waals surface area contributed by atoms with Gasteiger partial charge in [0.25, 0.3) is 0 Å². The van der Waals surface area contributed by atoms with Gasteiger partial charge in [-0.1, -0.05) is 18.2 Å². The van der Waals surface area contributed by atoms with Crippen LogP contribution in [-0.4, -0.2) is 42.2 Å². The van der Waals surface area contributed by atoms with Crippen molar-refractivity contribution in [1.82, 2.24) is 4.90 Å². The normalized spacial score (nSPS) is 15.3. The highest BCUT2D eigenvalue weighted by atomic mass is 16.6. The minimum Gasteiger partial charge on any atom is -0.489 e. The Morgan fingerprint density at radius 3 is 2.30 bits per heavy atom. The van der Waals surface area contributed by atoms with E-state index in [0.29, 0.717) is 36.6 Å². The van der Waals surface area contributed by atoms with Crippen LogP contribution in [0.1, 0.15) is 50.4 Å². The molecule has 0 aromatic heterocycles. The van der Waals surface area contributed by atoms with Crippen molar-refractivity contribution in [1.29, 1.82) is 0 Å². The summed E-state index contributed by atoms with van der Waals surface area (Å²) in [6.07, 6.45) is -0.00262. The lowest BCUT2D eigenvalue weighted by Crippen LogP contribution is -2.46. The molecule has 1 heterocycles. The predicted octanol–water partition coefficient (Wildman–Crippen LogP) is 4.20. The van der Waals surface area contributed by atoms with Gasteiger partial charge in [-0.2, -0.15) is 0 Å². The van der Waals surface area contributed by atoms with Crippen LogP contribution in [0.3, 0.4) is 0 Å². The van der Waals surface area contributed by atoms with Crippen LogP contribution in [0, 0.1) is 0 Å². The number of fused-ring (bicyclic) bond motifs is 1. The zero-order valence-electron chi connectivity index (χ0n) is 19.5. The molecule has 1 aliphatic heterocycles. The van der Waals surface area contributed by atoms with Gasteiger partial charge >= 0.3 is 18.0 Å². The summed E-state index contributed by atoms with van der Waals surface area (Å²) in [5.41, 5.74) is 1.84. The molecule has 2 aromatic carbocycles. The molecular weight excluding hydrogens is 426 g/mol. The molecule has 0 unspecified atom stereocenters. The van der Waals surface area contributed by atoms with Gasteiger partial charge in [0.15, 0.2) is 6.04 Å². The number of esters is 2. The Balaban J connectivity index is 1.74. The van der Waals surface area contributed by atoms with Crippen LogP contribution in [0.4, 0.5) is 4.79 Å². The fraction of sp³-hybridized carbons (Fsp3) is 0.400. The molecular formula is C25H29NO7. The van der Waals surface area contributed by atoms with Crippen molar-refractivity contribution in [2.24, 2.45) is 0 Å². The minimum atomic E-state index is -0.878. The summed E-state index contributed by atoms with van der Waals surface area (Å²) in [6, 6.07) is 11.6. The van der Waals surface area contributed by atoms with Crippen molar-refractivity contribution in [2.75, 3.05) is 13.7 Å². The lowest BCUT2D eigenvalue weighted by molar-refractivity contribution is -0.147. The fourth-order valence-corrected chi connectivity index (χ4v) is 3.56. The molecule has 0 fully saturated rings. The Bertz CT molecular complexity index is 1020. The average Bonchev–Trinajstić information content (AvgIpc) is 2.75. The van der Waals surface area contributed by atoms with Gasteiger partial charge in [-0.15, -0.1) is 0 Å². The lowest BCUT2D eigenvalue weighted by Gasteiger charge is -2.36. The van der Waals surface area contributed by atoms with Gasteiger partial charge in [0.05, 0.1) is 7.11 Å². The van der Waals surface area contributed by atoms with Crippen LogP contribution < -0.4 is 9.47 Å². The van der Waals surface area contributed by atoms with E-state index in [1.807, 2.05) is 18.2 Å². The van der Waals surface area contributed by atoms with E-state index in [1.54, 1.807) is 45.0 Å². The summed E-state index contributed by atoms with van der Waals surface area (Å²) in [6.45, 7) is 7.34. The van der Waals surface area contributed by atoms with Gasteiger partial charge in [-0.3, -0.25) is 9.69 Å². The summed E-state index contributed by atoms with van der Waals surface area (Å²) in [4.78, 5) is 37.7. The first-order valence-corrected chi connectivity index (χ1v) is 10.7. The van der Waals surface area contributed by atoms with E-state index < -0.39 is 23.7 Å². The number of carbonyl (C=O) groups is 3. The minimum absolute atomic E-state index is 0.322. The van der Waals surface area contributed by atoms with Crippen LogP contribution in [-0.2, 0) is 32.1 Å². The predicted molar refractivity (Wildman–Crippen MR) is 120 cm³/mol. The van der Waals surface area contributed by atoms with Gasteiger partial charge in [0.1, 0.15) is 23.7 Å². The molecule has 0 N–H and O–H groups in total. The molecule has 0 spiro atoms. The Kier molecular flexibility index (Phi) is 7.26. The summed E-state index contributed by atoms with van der Waals surface area (Å²) < 4.78 is 21.4. The zero-order valence-corrected chi connectivity index (χ0v) is 19.5. The number of amides is 1. The van der Waals surface area contributed by atoms with Crippen molar-refractivity contribution in [3.63, 3.8) is 0 Å². The zero-order chi connectivity index (χ0) is 24.2. The number of ether oxygens (including phenoxy) is 4. The molecule has 0 aliphatic carbocycles. The largest absolute Gasteiger partial charge is 0.489 e. The van der Waals surface area contributed by atoms with E-state index in [9.17, 15) is 14.4 Å². The topological polar surface area (TPSA) is 91.4 Å². The molecule has 1 atom stereocenters. The standard InChI is InChI=1S/C25H29NO7/c1-16(27)32-19-8-6-17(7-9-19)15-31-20-10-11-21-18(14-20)12-13-26(22(21)23(28)30-5)24(29)33-25(2,3)4/h6-11,14,22H,12-13,15H2,1-5H3/t22-/m0/s1. The summed E-state index contributed by atoms with van der Waals surface area (Å²) in [7, 11) is 1.30. The van der Waals surface area contributed by atoms with Gasteiger partial charge in [0.2, 0.25) is 0 Å². The number of benzene rings is 2. The first-order chi connectivity index (χ1) is 15.6. The van der Waals surface area contributed by atoms with E-state index >= 15 is 0 Å². The third kappa shape index (κ3) is 6.25. The third-order valence-electron chi connectivity index (χ3n) is 4.99. The quantitative estimate of drug-likeness (QED) is 0.493. The maximum atomic E-state index is 12.7. The molecule has 8 heteroatoms. The van der Waals surface area contributed by atoms with Crippen LogP contribution in [0.5, 0.6) is 11.5 Å². The Labute approximate surface area is 193 Å². The fourth-order valence-electron chi connectivity index (χ4n) is 3.56. The Morgan fingerprint density at radius 1 is 1.03 bits per heavy atom.